The number of ether oxygens (including phenoxy) is 1. The number of benzene rings is 1. The summed E-state index contributed by atoms with van der Waals surface area (Å²) < 4.78 is 37.3. The molecule has 3 amide bonds. The highest BCUT2D eigenvalue weighted by Crippen LogP contribution is 2.31. The van der Waals surface area contributed by atoms with E-state index >= 15 is 0 Å². The maximum atomic E-state index is 12.7. The Kier molecular flexibility index (Phi) is 7.18. The van der Waals surface area contributed by atoms with Gasteiger partial charge in [-0.1, -0.05) is 6.07 Å². The Hall–Kier alpha value is -3.96. The minimum absolute atomic E-state index is 0.179. The highest BCUT2D eigenvalue weighted by Gasteiger charge is 2.39. The van der Waals surface area contributed by atoms with Crippen LogP contribution in [0.3, 0.4) is 0 Å². The van der Waals surface area contributed by atoms with E-state index in [1.54, 1.807) is 23.2 Å². The Bertz CT molecular complexity index is 1140. The second-order valence-electron chi connectivity index (χ2n) is 7.38. The first kappa shape index (κ1) is 24.7. The van der Waals surface area contributed by atoms with Gasteiger partial charge in [-0.25, -0.2) is 4.79 Å². The largest absolute Gasteiger partial charge is 0.494 e. The summed E-state index contributed by atoms with van der Waals surface area (Å²) in [6.45, 7) is 2.84. The average molecular weight is 479 g/mol. The molecule has 1 saturated heterocycles. The van der Waals surface area contributed by atoms with Crippen molar-refractivity contribution in [1.82, 2.24) is 15.2 Å². The number of aliphatic carboxylic acids is 1. The average Bonchev–Trinajstić information content (AvgIpc) is 3.09. The van der Waals surface area contributed by atoms with Crippen LogP contribution in [0.5, 0.6) is 5.75 Å². The van der Waals surface area contributed by atoms with Gasteiger partial charge in [0.2, 0.25) is 11.8 Å². The molecule has 1 aromatic heterocycles. The van der Waals surface area contributed by atoms with Crippen LogP contribution in [-0.4, -0.2) is 57.5 Å². The molecule has 2 aliphatic rings. The number of nitrogens with one attached hydrogen (secondary N) is 1. The van der Waals surface area contributed by atoms with Crippen LogP contribution in [0.15, 0.2) is 36.5 Å². The van der Waals surface area contributed by atoms with Gasteiger partial charge in [-0.3, -0.25) is 24.7 Å². The monoisotopic (exact) mass is 479 g/mol. The van der Waals surface area contributed by atoms with Crippen LogP contribution < -0.4 is 10.1 Å². The normalized spacial score (nSPS) is 17.5. The van der Waals surface area contributed by atoms with Crippen LogP contribution in [-0.2, 0) is 20.9 Å². The molecule has 9 nitrogen and oxygen atoms in total. The van der Waals surface area contributed by atoms with Gasteiger partial charge >= 0.3 is 12.1 Å². The van der Waals surface area contributed by atoms with Gasteiger partial charge in [0.15, 0.2) is 0 Å². The summed E-state index contributed by atoms with van der Waals surface area (Å²) in [5.74, 6) is -2.89. The number of hydrogen-bond acceptors (Lipinski definition) is 6. The van der Waals surface area contributed by atoms with Gasteiger partial charge in [0, 0.05) is 36.4 Å². The fraction of sp³-hybridized carbons (Fsp3) is 0.318. The highest BCUT2D eigenvalue weighted by molar-refractivity contribution is 6.05. The number of carboxylic acid groups (broad SMARTS) is 1. The Morgan fingerprint density at radius 2 is 1.94 bits per heavy atom. The molecule has 3 heterocycles. The van der Waals surface area contributed by atoms with E-state index in [4.69, 9.17) is 14.6 Å². The van der Waals surface area contributed by atoms with Crippen LogP contribution in [0.2, 0.25) is 0 Å². The first-order valence-corrected chi connectivity index (χ1v) is 10.2. The van der Waals surface area contributed by atoms with Gasteiger partial charge in [-0.2, -0.15) is 13.2 Å². The van der Waals surface area contributed by atoms with E-state index in [0.29, 0.717) is 25.1 Å². The van der Waals surface area contributed by atoms with Crippen molar-refractivity contribution in [3.8, 4) is 17.0 Å². The number of halogens is 3. The molecular formula is C22H20F3N3O6. The lowest BCUT2D eigenvalue weighted by atomic mass is 10.0. The van der Waals surface area contributed by atoms with Gasteiger partial charge in [0.05, 0.1) is 12.3 Å². The number of amides is 3. The SMILES string of the molecule is CCOc1ccnc(-c2ccc3c(c2)CN(C2CCC(=O)NC2=O)C3=O)c1.O=C(O)C(F)(F)F. The number of carbonyl (C=O) groups is 4. The van der Waals surface area contributed by atoms with E-state index in [0.717, 1.165) is 22.6 Å². The minimum Gasteiger partial charge on any atom is -0.494 e. The topological polar surface area (TPSA) is 126 Å². The zero-order valence-electron chi connectivity index (χ0n) is 17.9. The number of piperidine rings is 1. The number of imide groups is 1. The summed E-state index contributed by atoms with van der Waals surface area (Å²) >= 11 is 0. The summed E-state index contributed by atoms with van der Waals surface area (Å²) in [6, 6.07) is 8.60. The van der Waals surface area contributed by atoms with E-state index in [2.05, 4.69) is 10.3 Å². The molecule has 4 rings (SSSR count). The predicted molar refractivity (Wildman–Crippen MR) is 111 cm³/mol. The third-order valence-electron chi connectivity index (χ3n) is 5.10. The molecule has 0 bridgehead atoms. The Labute approximate surface area is 191 Å². The maximum Gasteiger partial charge on any atom is 0.490 e. The summed E-state index contributed by atoms with van der Waals surface area (Å²) in [6.07, 6.45) is -2.79. The van der Waals surface area contributed by atoms with Crippen molar-refractivity contribution < 1.29 is 42.2 Å². The van der Waals surface area contributed by atoms with Gasteiger partial charge in [0.1, 0.15) is 11.8 Å². The molecular weight excluding hydrogens is 459 g/mol. The Balaban J connectivity index is 0.000000406. The van der Waals surface area contributed by atoms with Gasteiger partial charge in [0.25, 0.3) is 5.91 Å². The smallest absolute Gasteiger partial charge is 0.490 e. The zero-order valence-corrected chi connectivity index (χ0v) is 17.9. The number of rotatable bonds is 4. The molecule has 1 unspecified atom stereocenters. The van der Waals surface area contributed by atoms with Crippen molar-refractivity contribution in [2.24, 2.45) is 0 Å². The number of pyridine rings is 1. The lowest BCUT2D eigenvalue weighted by molar-refractivity contribution is -0.192. The third kappa shape index (κ3) is 5.50. The summed E-state index contributed by atoms with van der Waals surface area (Å²) in [7, 11) is 0. The van der Waals surface area contributed by atoms with Gasteiger partial charge < -0.3 is 14.7 Å². The number of hydrogen-bond donors (Lipinski definition) is 2. The minimum atomic E-state index is -5.08. The van der Waals surface area contributed by atoms with Crippen molar-refractivity contribution in [2.45, 2.75) is 38.5 Å². The Morgan fingerprint density at radius 3 is 2.56 bits per heavy atom. The predicted octanol–water partition coefficient (Wildman–Crippen LogP) is 2.54. The number of fused-ring (bicyclic) bond motifs is 1. The fourth-order valence-corrected chi connectivity index (χ4v) is 3.56. The van der Waals surface area contributed by atoms with E-state index < -0.39 is 24.1 Å². The number of carbonyl (C=O) groups excluding carboxylic acids is 3. The van der Waals surface area contributed by atoms with E-state index in [-0.39, 0.29) is 18.2 Å². The lowest BCUT2D eigenvalue weighted by Crippen LogP contribution is -2.52. The van der Waals surface area contributed by atoms with Crippen molar-refractivity contribution in [2.75, 3.05) is 6.61 Å². The standard InChI is InChI=1S/C20H19N3O4.C2HF3O2/c1-2-27-14-7-8-21-16(10-14)12-3-4-15-13(9-12)11-23(20(15)26)17-5-6-18(24)22-19(17)25;3-2(4,5)1(6)7/h3-4,7-10,17H,2,5-6,11H2,1H3,(H,22,24,25);(H,6,7). The number of nitrogens with zero attached hydrogens (tertiary/aromatic N) is 2. The van der Waals surface area contributed by atoms with Crippen molar-refractivity contribution in [1.29, 1.82) is 0 Å². The second kappa shape index (κ2) is 9.89. The third-order valence-corrected chi connectivity index (χ3v) is 5.10. The van der Waals surface area contributed by atoms with Crippen LogP contribution in [0.1, 0.15) is 35.7 Å². The van der Waals surface area contributed by atoms with Crippen LogP contribution in [0, 0.1) is 0 Å². The van der Waals surface area contributed by atoms with Crippen LogP contribution in [0.25, 0.3) is 11.3 Å². The van der Waals surface area contributed by atoms with Crippen molar-refractivity contribution >= 4 is 23.7 Å². The van der Waals surface area contributed by atoms with Gasteiger partial charge in [-0.15, -0.1) is 0 Å². The Morgan fingerprint density at radius 1 is 1.24 bits per heavy atom. The molecule has 2 N–H and O–H groups in total. The van der Waals surface area contributed by atoms with Crippen LogP contribution in [0.4, 0.5) is 13.2 Å². The highest BCUT2D eigenvalue weighted by atomic mass is 19.4. The molecule has 1 atom stereocenters. The summed E-state index contributed by atoms with van der Waals surface area (Å²) in [4.78, 5) is 51.0. The first-order valence-electron chi connectivity index (χ1n) is 10.2. The molecule has 1 aromatic carbocycles. The van der Waals surface area contributed by atoms with E-state index in [1.165, 1.54) is 0 Å². The fourth-order valence-electron chi connectivity index (χ4n) is 3.56. The molecule has 2 aromatic rings. The van der Waals surface area contributed by atoms with Crippen molar-refractivity contribution in [3.63, 3.8) is 0 Å². The molecule has 0 saturated carbocycles. The second-order valence-corrected chi connectivity index (χ2v) is 7.38. The quantitative estimate of drug-likeness (QED) is 0.646. The molecule has 1 fully saturated rings. The van der Waals surface area contributed by atoms with Crippen LogP contribution >= 0.6 is 0 Å². The first-order chi connectivity index (χ1) is 16.0. The van der Waals surface area contributed by atoms with E-state index in [9.17, 15) is 27.6 Å². The molecule has 0 spiro atoms. The van der Waals surface area contributed by atoms with Gasteiger partial charge in [-0.05, 0) is 37.1 Å². The van der Waals surface area contributed by atoms with E-state index in [1.807, 2.05) is 25.1 Å². The number of carboxylic acids is 1. The molecule has 34 heavy (non-hydrogen) atoms. The molecule has 0 radical (unpaired) electrons. The molecule has 180 valence electrons. The number of aromatic nitrogens is 1. The molecule has 2 aliphatic heterocycles. The lowest BCUT2D eigenvalue weighted by Gasteiger charge is -2.29. The maximum absolute atomic E-state index is 12.7. The zero-order chi connectivity index (χ0) is 25.0. The number of alkyl halides is 3. The molecule has 12 heteroatoms. The molecule has 0 aliphatic carbocycles. The summed E-state index contributed by atoms with van der Waals surface area (Å²) in [5.41, 5.74) is 3.08. The summed E-state index contributed by atoms with van der Waals surface area (Å²) in [5, 5.41) is 9.44. The van der Waals surface area contributed by atoms with Crippen molar-refractivity contribution in [3.05, 3.63) is 47.7 Å².